The molecule has 0 aliphatic heterocycles. The molecule has 0 aliphatic rings. The van der Waals surface area contributed by atoms with E-state index in [4.69, 9.17) is 5.73 Å². The first-order valence-corrected chi connectivity index (χ1v) is 5.71. The van der Waals surface area contributed by atoms with Crippen molar-refractivity contribution in [3.8, 4) is 0 Å². The molecule has 0 radical (unpaired) electrons. The number of hydrogen-bond acceptors (Lipinski definition) is 3. The van der Waals surface area contributed by atoms with Crippen LogP contribution in [0.3, 0.4) is 0 Å². The smallest absolute Gasteiger partial charge is 0.194 e. The minimum atomic E-state index is 0. The Hall–Kier alpha value is -1.64. The molecule has 2 rings (SSSR count). The fourth-order valence-corrected chi connectivity index (χ4v) is 1.47. The Bertz CT molecular complexity index is 522. The van der Waals surface area contributed by atoms with Crippen molar-refractivity contribution in [1.82, 2.24) is 14.8 Å². The van der Waals surface area contributed by atoms with Crippen LogP contribution in [-0.4, -0.2) is 27.3 Å². The molecule has 0 aromatic carbocycles. The summed E-state index contributed by atoms with van der Waals surface area (Å²) >= 11 is 0. The van der Waals surface area contributed by atoms with Gasteiger partial charge in [0.1, 0.15) is 5.82 Å². The summed E-state index contributed by atoms with van der Waals surface area (Å²) in [5, 5.41) is 7.09. The van der Waals surface area contributed by atoms with Gasteiger partial charge >= 0.3 is 0 Å². The molecule has 0 fully saturated rings. The van der Waals surface area contributed by atoms with E-state index in [0.29, 0.717) is 24.9 Å². The third kappa shape index (κ3) is 5.25. The fourth-order valence-electron chi connectivity index (χ4n) is 1.47. The van der Waals surface area contributed by atoms with E-state index in [2.05, 4.69) is 20.4 Å². The molecule has 0 aliphatic carbocycles. The average Bonchev–Trinajstić information content (AvgIpc) is 2.76. The number of aliphatic imine (C=N–C) groups is 1. The van der Waals surface area contributed by atoms with Crippen molar-refractivity contribution < 1.29 is 0 Å². The first-order chi connectivity index (χ1) is 8.74. The summed E-state index contributed by atoms with van der Waals surface area (Å²) in [4.78, 5) is 8.31. The summed E-state index contributed by atoms with van der Waals surface area (Å²) in [6, 6.07) is 5.56. The Balaban J connectivity index is 0.00000180. The Labute approximate surface area is 129 Å². The largest absolute Gasteiger partial charge is 0.370 e. The van der Waals surface area contributed by atoms with Crippen LogP contribution in [0.25, 0.3) is 0 Å². The molecule has 6 nitrogen and oxygen atoms in total. The maximum absolute atomic E-state index is 5.74. The van der Waals surface area contributed by atoms with Crippen LogP contribution in [0, 0.1) is 6.92 Å². The van der Waals surface area contributed by atoms with E-state index in [1.807, 2.05) is 42.2 Å². The number of anilines is 1. The van der Waals surface area contributed by atoms with Crippen LogP contribution in [0.2, 0.25) is 0 Å². The Morgan fingerprint density at radius 2 is 2.32 bits per heavy atom. The predicted molar refractivity (Wildman–Crippen MR) is 86.7 cm³/mol. The highest BCUT2D eigenvalue weighted by Crippen LogP contribution is 1.98. The number of rotatable bonds is 4. The molecule has 0 saturated carbocycles. The quantitative estimate of drug-likeness (QED) is 0.486. The molecule has 0 bridgehead atoms. The lowest BCUT2D eigenvalue weighted by Gasteiger charge is -2.04. The molecule has 2 heterocycles. The number of halogens is 1. The normalized spacial score (nSPS) is 10.9. The van der Waals surface area contributed by atoms with Crippen molar-refractivity contribution in [2.24, 2.45) is 10.7 Å². The number of pyridine rings is 1. The first-order valence-electron chi connectivity index (χ1n) is 5.71. The molecule has 102 valence electrons. The fraction of sp³-hybridized carbons (Fsp3) is 0.250. The van der Waals surface area contributed by atoms with Crippen molar-refractivity contribution >= 4 is 35.8 Å². The van der Waals surface area contributed by atoms with E-state index in [1.54, 1.807) is 6.20 Å². The summed E-state index contributed by atoms with van der Waals surface area (Å²) in [6.07, 6.45) is 5.49. The average molecular weight is 372 g/mol. The first kappa shape index (κ1) is 15.4. The Kier molecular flexibility index (Phi) is 6.26. The van der Waals surface area contributed by atoms with Crippen LogP contribution < -0.4 is 11.1 Å². The topological polar surface area (TPSA) is 81.1 Å². The van der Waals surface area contributed by atoms with Crippen molar-refractivity contribution in [2.75, 3.05) is 11.9 Å². The van der Waals surface area contributed by atoms with E-state index in [-0.39, 0.29) is 24.0 Å². The number of hydrogen-bond donors (Lipinski definition) is 2. The molecule has 7 heteroatoms. The SMILES string of the molecule is Cc1cnn(CCN=C(N)Nc2ccccn2)c1.I. The second-order valence-corrected chi connectivity index (χ2v) is 3.89. The third-order valence-corrected chi connectivity index (χ3v) is 2.29. The van der Waals surface area contributed by atoms with E-state index >= 15 is 0 Å². The summed E-state index contributed by atoms with van der Waals surface area (Å²) in [7, 11) is 0. The molecular weight excluding hydrogens is 355 g/mol. The molecule has 0 spiro atoms. The van der Waals surface area contributed by atoms with Crippen molar-refractivity contribution in [3.63, 3.8) is 0 Å². The minimum absolute atomic E-state index is 0. The summed E-state index contributed by atoms with van der Waals surface area (Å²) in [5.74, 6) is 1.05. The van der Waals surface area contributed by atoms with Gasteiger partial charge in [0.15, 0.2) is 5.96 Å². The van der Waals surface area contributed by atoms with Crippen molar-refractivity contribution in [2.45, 2.75) is 13.5 Å². The molecule has 0 unspecified atom stereocenters. The molecular formula is C12H17IN6. The highest BCUT2D eigenvalue weighted by atomic mass is 127. The zero-order valence-corrected chi connectivity index (χ0v) is 13.0. The van der Waals surface area contributed by atoms with Crippen LogP contribution in [0.1, 0.15) is 5.56 Å². The lowest BCUT2D eigenvalue weighted by molar-refractivity contribution is 0.625. The standard InChI is InChI=1S/C12H16N6.HI/c1-10-8-16-18(9-10)7-6-15-12(13)17-11-4-2-3-5-14-11;/h2-5,8-9H,6-7H2,1H3,(H3,13,14,15,17);1H. The molecule has 0 amide bonds. The lowest BCUT2D eigenvalue weighted by Crippen LogP contribution is -2.23. The number of aromatic nitrogens is 3. The zero-order valence-electron chi connectivity index (χ0n) is 10.7. The van der Waals surface area contributed by atoms with Crippen LogP contribution in [0.5, 0.6) is 0 Å². The second-order valence-electron chi connectivity index (χ2n) is 3.89. The van der Waals surface area contributed by atoms with Gasteiger partial charge in [-0.1, -0.05) is 6.07 Å². The molecule has 3 N–H and O–H groups in total. The summed E-state index contributed by atoms with van der Waals surface area (Å²) < 4.78 is 1.84. The van der Waals surface area contributed by atoms with Gasteiger partial charge in [-0.25, -0.2) is 4.98 Å². The third-order valence-electron chi connectivity index (χ3n) is 2.29. The van der Waals surface area contributed by atoms with Crippen LogP contribution in [0.4, 0.5) is 5.82 Å². The van der Waals surface area contributed by atoms with Gasteiger partial charge in [-0.2, -0.15) is 5.10 Å². The molecule has 2 aromatic heterocycles. The van der Waals surface area contributed by atoms with Gasteiger partial charge in [-0.05, 0) is 24.6 Å². The van der Waals surface area contributed by atoms with Gasteiger partial charge in [0, 0.05) is 12.4 Å². The lowest BCUT2D eigenvalue weighted by atomic mass is 10.4. The van der Waals surface area contributed by atoms with Gasteiger partial charge in [0.25, 0.3) is 0 Å². The van der Waals surface area contributed by atoms with E-state index in [0.717, 1.165) is 5.56 Å². The van der Waals surface area contributed by atoms with E-state index in [9.17, 15) is 0 Å². The molecule has 19 heavy (non-hydrogen) atoms. The summed E-state index contributed by atoms with van der Waals surface area (Å²) in [6.45, 7) is 3.29. The molecule has 0 saturated heterocycles. The van der Waals surface area contributed by atoms with Crippen molar-refractivity contribution in [1.29, 1.82) is 0 Å². The van der Waals surface area contributed by atoms with E-state index in [1.165, 1.54) is 0 Å². The monoisotopic (exact) mass is 372 g/mol. The maximum atomic E-state index is 5.74. The number of aryl methyl sites for hydroxylation is 1. The van der Waals surface area contributed by atoms with Gasteiger partial charge < -0.3 is 11.1 Å². The number of guanidine groups is 1. The number of nitrogens with one attached hydrogen (secondary N) is 1. The van der Waals surface area contributed by atoms with Gasteiger partial charge in [-0.15, -0.1) is 24.0 Å². The van der Waals surface area contributed by atoms with Crippen LogP contribution in [0.15, 0.2) is 41.8 Å². The maximum Gasteiger partial charge on any atom is 0.194 e. The van der Waals surface area contributed by atoms with Crippen LogP contribution in [-0.2, 0) is 6.54 Å². The predicted octanol–water partition coefficient (Wildman–Crippen LogP) is 1.63. The minimum Gasteiger partial charge on any atom is -0.370 e. The van der Waals surface area contributed by atoms with Crippen LogP contribution >= 0.6 is 24.0 Å². The van der Waals surface area contributed by atoms with E-state index < -0.39 is 0 Å². The molecule has 2 aromatic rings. The second kappa shape index (κ2) is 7.72. The zero-order chi connectivity index (χ0) is 12.8. The highest BCUT2D eigenvalue weighted by molar-refractivity contribution is 14.0. The highest BCUT2D eigenvalue weighted by Gasteiger charge is 1.96. The van der Waals surface area contributed by atoms with Gasteiger partial charge in [0.2, 0.25) is 0 Å². The van der Waals surface area contributed by atoms with Gasteiger partial charge in [-0.3, -0.25) is 9.67 Å². The number of nitrogens with two attached hydrogens (primary N) is 1. The summed E-state index contributed by atoms with van der Waals surface area (Å²) in [5.41, 5.74) is 6.88. The van der Waals surface area contributed by atoms with Gasteiger partial charge in [0.05, 0.1) is 19.3 Å². The Morgan fingerprint density at radius 3 is 2.95 bits per heavy atom. The number of nitrogens with zero attached hydrogens (tertiary/aromatic N) is 4. The van der Waals surface area contributed by atoms with Crippen molar-refractivity contribution in [3.05, 3.63) is 42.4 Å². The Morgan fingerprint density at radius 1 is 1.47 bits per heavy atom. The molecule has 0 atom stereocenters.